The molecule has 1 aliphatic heterocycles. The summed E-state index contributed by atoms with van der Waals surface area (Å²) < 4.78 is 1.96. The molecule has 1 aromatic heterocycles. The Morgan fingerprint density at radius 3 is 2.67 bits per heavy atom. The smallest absolute Gasteiger partial charge is 0.0935 e. The Morgan fingerprint density at radius 1 is 1.25 bits per heavy atom. The molecule has 0 saturated carbocycles. The van der Waals surface area contributed by atoms with Gasteiger partial charge in [0.1, 0.15) is 0 Å². The molecule has 0 amide bonds. The summed E-state index contributed by atoms with van der Waals surface area (Å²) in [6, 6.07) is 10.1. The number of aryl methyl sites for hydroxylation is 2. The van der Waals surface area contributed by atoms with E-state index in [1.54, 1.807) is 0 Å². The average Bonchev–Trinajstić information content (AvgIpc) is 3.07. The van der Waals surface area contributed by atoms with Crippen LogP contribution in [0.3, 0.4) is 0 Å². The van der Waals surface area contributed by atoms with Gasteiger partial charge in [-0.3, -0.25) is 9.58 Å². The lowest BCUT2D eigenvalue weighted by Crippen LogP contribution is -2.47. The van der Waals surface area contributed by atoms with Crippen molar-refractivity contribution in [2.45, 2.75) is 50.3 Å². The molecule has 3 rings (SSSR count). The van der Waals surface area contributed by atoms with E-state index in [2.05, 4.69) is 29.1 Å². The van der Waals surface area contributed by atoms with Gasteiger partial charge < -0.3 is 5.11 Å². The lowest BCUT2D eigenvalue weighted by molar-refractivity contribution is -0.0350. The first-order valence-corrected chi connectivity index (χ1v) is 9.15. The van der Waals surface area contributed by atoms with Gasteiger partial charge in [0.25, 0.3) is 0 Å². The molecule has 130 valence electrons. The number of benzene rings is 1. The van der Waals surface area contributed by atoms with Crippen LogP contribution in [0.5, 0.6) is 0 Å². The molecule has 0 aliphatic carbocycles. The third kappa shape index (κ3) is 4.18. The van der Waals surface area contributed by atoms with E-state index < -0.39 is 5.60 Å². The highest BCUT2D eigenvalue weighted by molar-refractivity contribution is 6.20. The predicted molar refractivity (Wildman–Crippen MR) is 97.0 cm³/mol. The summed E-state index contributed by atoms with van der Waals surface area (Å²) in [5, 5.41) is 15.2. The lowest BCUT2D eigenvalue weighted by atomic mass is 9.84. The number of halogens is 1. The van der Waals surface area contributed by atoms with Crippen LogP contribution in [0.1, 0.15) is 36.8 Å². The van der Waals surface area contributed by atoms with E-state index in [0.29, 0.717) is 6.42 Å². The first kappa shape index (κ1) is 17.5. The van der Waals surface area contributed by atoms with E-state index in [9.17, 15) is 5.11 Å². The molecule has 1 aromatic carbocycles. The van der Waals surface area contributed by atoms with Crippen LogP contribution in [0.15, 0.2) is 42.7 Å². The zero-order valence-electron chi connectivity index (χ0n) is 14.2. The van der Waals surface area contributed by atoms with Crippen LogP contribution in [-0.4, -0.2) is 38.4 Å². The van der Waals surface area contributed by atoms with Crippen LogP contribution in [-0.2, 0) is 12.1 Å². The van der Waals surface area contributed by atoms with Gasteiger partial charge in [-0.2, -0.15) is 5.10 Å². The number of piperidine rings is 1. The molecule has 2 heterocycles. The normalized spacial score (nSPS) is 25.0. The van der Waals surface area contributed by atoms with E-state index in [1.165, 1.54) is 5.56 Å². The SMILES string of the molecule is Cc1ccc(C2(O)CCN(CCCCn3cccn3)C(Cl)C2)cc1. The van der Waals surface area contributed by atoms with Crippen molar-refractivity contribution < 1.29 is 5.11 Å². The van der Waals surface area contributed by atoms with Crippen LogP contribution in [0, 0.1) is 6.92 Å². The molecule has 4 nitrogen and oxygen atoms in total. The van der Waals surface area contributed by atoms with Gasteiger partial charge in [0.15, 0.2) is 0 Å². The molecular weight excluding hydrogens is 322 g/mol. The van der Waals surface area contributed by atoms with Crippen LogP contribution in [0.25, 0.3) is 0 Å². The summed E-state index contributed by atoms with van der Waals surface area (Å²) in [6.07, 6.45) is 7.30. The van der Waals surface area contributed by atoms with Gasteiger partial charge in [0.2, 0.25) is 0 Å². The van der Waals surface area contributed by atoms with Crippen molar-refractivity contribution in [1.82, 2.24) is 14.7 Å². The number of likely N-dealkylation sites (tertiary alicyclic amines) is 1. The predicted octanol–water partition coefficient (Wildman–Crippen LogP) is 3.52. The van der Waals surface area contributed by atoms with Gasteiger partial charge >= 0.3 is 0 Å². The fraction of sp³-hybridized carbons (Fsp3) is 0.526. The lowest BCUT2D eigenvalue weighted by Gasteiger charge is -2.41. The van der Waals surface area contributed by atoms with Crippen LogP contribution in [0.2, 0.25) is 0 Å². The Bertz CT molecular complexity index is 629. The Labute approximate surface area is 149 Å². The highest BCUT2D eigenvalue weighted by atomic mass is 35.5. The number of unbranched alkanes of at least 4 members (excludes halogenated alkanes) is 1. The molecular formula is C19H26ClN3O. The molecule has 2 atom stereocenters. The van der Waals surface area contributed by atoms with Gasteiger partial charge in [0, 0.05) is 31.9 Å². The fourth-order valence-corrected chi connectivity index (χ4v) is 3.83. The minimum absolute atomic E-state index is 0.116. The molecule has 1 fully saturated rings. The van der Waals surface area contributed by atoms with Crippen LogP contribution < -0.4 is 0 Å². The van der Waals surface area contributed by atoms with Gasteiger partial charge in [-0.05, 0) is 44.4 Å². The molecule has 24 heavy (non-hydrogen) atoms. The molecule has 0 spiro atoms. The Kier molecular flexibility index (Phi) is 5.59. The summed E-state index contributed by atoms with van der Waals surface area (Å²) in [4.78, 5) is 2.29. The second-order valence-electron chi connectivity index (χ2n) is 6.80. The Hall–Kier alpha value is -1.36. The third-order valence-corrected chi connectivity index (χ3v) is 5.38. The minimum atomic E-state index is -0.800. The second kappa shape index (κ2) is 7.68. The van der Waals surface area contributed by atoms with Crippen molar-refractivity contribution in [3.63, 3.8) is 0 Å². The second-order valence-corrected chi connectivity index (χ2v) is 7.30. The van der Waals surface area contributed by atoms with E-state index in [4.69, 9.17) is 11.6 Å². The number of nitrogens with zero attached hydrogens (tertiary/aromatic N) is 3. The molecule has 5 heteroatoms. The first-order valence-electron chi connectivity index (χ1n) is 8.72. The van der Waals surface area contributed by atoms with E-state index in [-0.39, 0.29) is 5.50 Å². The van der Waals surface area contributed by atoms with Gasteiger partial charge in [-0.25, -0.2) is 0 Å². The molecule has 1 N–H and O–H groups in total. The topological polar surface area (TPSA) is 41.3 Å². The molecule has 0 bridgehead atoms. The first-order chi connectivity index (χ1) is 11.6. The van der Waals surface area contributed by atoms with E-state index in [1.807, 2.05) is 35.3 Å². The summed E-state index contributed by atoms with van der Waals surface area (Å²) in [5.41, 5.74) is 1.28. The molecule has 2 unspecified atom stereocenters. The summed E-state index contributed by atoms with van der Waals surface area (Å²) >= 11 is 6.58. The molecule has 1 saturated heterocycles. The van der Waals surface area contributed by atoms with Crippen molar-refractivity contribution >= 4 is 11.6 Å². The number of hydrogen-bond donors (Lipinski definition) is 1. The third-order valence-electron chi connectivity index (χ3n) is 4.95. The van der Waals surface area contributed by atoms with Gasteiger partial charge in [0.05, 0.1) is 11.1 Å². The minimum Gasteiger partial charge on any atom is -0.385 e. The quantitative estimate of drug-likeness (QED) is 0.494. The zero-order valence-corrected chi connectivity index (χ0v) is 15.0. The Morgan fingerprint density at radius 2 is 2.00 bits per heavy atom. The summed E-state index contributed by atoms with van der Waals surface area (Å²) in [7, 11) is 0. The van der Waals surface area contributed by atoms with E-state index in [0.717, 1.165) is 44.5 Å². The van der Waals surface area contributed by atoms with Crippen LogP contribution >= 0.6 is 11.6 Å². The number of alkyl halides is 1. The van der Waals surface area contributed by atoms with Crippen molar-refractivity contribution in [2.24, 2.45) is 0 Å². The van der Waals surface area contributed by atoms with Crippen molar-refractivity contribution in [3.8, 4) is 0 Å². The standard InChI is InChI=1S/C19H26ClN3O/c1-16-5-7-17(8-6-16)19(24)9-14-22(18(20)15-19)11-2-3-12-23-13-4-10-21-23/h4-8,10,13,18,24H,2-3,9,11-12,14-15H2,1H3. The number of hydrogen-bond acceptors (Lipinski definition) is 3. The summed E-state index contributed by atoms with van der Waals surface area (Å²) in [5.74, 6) is 0. The maximum Gasteiger partial charge on any atom is 0.0935 e. The number of aliphatic hydroxyl groups is 1. The largest absolute Gasteiger partial charge is 0.385 e. The maximum atomic E-state index is 11.0. The fourth-order valence-electron chi connectivity index (χ4n) is 3.38. The van der Waals surface area contributed by atoms with Crippen LogP contribution in [0.4, 0.5) is 0 Å². The van der Waals surface area contributed by atoms with Crippen molar-refractivity contribution in [3.05, 3.63) is 53.9 Å². The molecule has 2 aromatic rings. The Balaban J connectivity index is 1.48. The van der Waals surface area contributed by atoms with Gasteiger partial charge in [-0.1, -0.05) is 29.8 Å². The number of aromatic nitrogens is 2. The number of rotatable bonds is 6. The monoisotopic (exact) mass is 347 g/mol. The molecule has 0 radical (unpaired) electrons. The van der Waals surface area contributed by atoms with Crippen molar-refractivity contribution in [1.29, 1.82) is 0 Å². The highest BCUT2D eigenvalue weighted by Crippen LogP contribution is 2.37. The summed E-state index contributed by atoms with van der Waals surface area (Å²) in [6.45, 7) is 4.81. The zero-order chi connectivity index (χ0) is 17.0. The highest BCUT2D eigenvalue weighted by Gasteiger charge is 2.38. The molecule has 1 aliphatic rings. The van der Waals surface area contributed by atoms with Gasteiger partial charge in [-0.15, -0.1) is 11.6 Å². The maximum absolute atomic E-state index is 11.0. The average molecular weight is 348 g/mol. The van der Waals surface area contributed by atoms with Crippen molar-refractivity contribution in [2.75, 3.05) is 13.1 Å². The van der Waals surface area contributed by atoms with E-state index >= 15 is 0 Å².